The van der Waals surface area contributed by atoms with Crippen LogP contribution in [0.5, 0.6) is 0 Å². The van der Waals surface area contributed by atoms with E-state index in [0.29, 0.717) is 41.2 Å². The fraction of sp³-hybridized carbons (Fsp3) is 0.381. The summed E-state index contributed by atoms with van der Waals surface area (Å²) in [7, 11) is 1.94. The van der Waals surface area contributed by atoms with Gasteiger partial charge in [-0.25, -0.2) is 8.78 Å². The molecule has 7 rings (SSSR count). The van der Waals surface area contributed by atoms with Crippen LogP contribution < -0.4 is 0 Å². The molecule has 0 amide bonds. The number of benzene rings is 5. The van der Waals surface area contributed by atoms with Crippen LogP contribution in [0, 0.1) is 59.5 Å². The second-order valence-corrected chi connectivity index (χ2v) is 19.5. The summed E-state index contributed by atoms with van der Waals surface area (Å²) in [6.07, 6.45) is 3.97. The molecule has 0 aliphatic heterocycles. The van der Waals surface area contributed by atoms with Gasteiger partial charge >= 0.3 is 0 Å². The Kier molecular flexibility index (Phi) is 29.2. The third-order valence-electron chi connectivity index (χ3n) is 11.2. The zero-order chi connectivity index (χ0) is 54.5. The van der Waals surface area contributed by atoms with Gasteiger partial charge in [-0.1, -0.05) is 162 Å². The molecule has 7 aromatic rings. The largest absolute Gasteiger partial charge is 0.276 e. The molecule has 2 heterocycles. The maximum Gasteiger partial charge on any atom is 0.144 e. The summed E-state index contributed by atoms with van der Waals surface area (Å²) in [6, 6.07) is 46.3. The lowest BCUT2D eigenvalue weighted by molar-refractivity contribution is 0.529. The summed E-state index contributed by atoms with van der Waals surface area (Å²) in [5, 5.41) is 34.4. The van der Waals surface area contributed by atoms with E-state index in [1.807, 2.05) is 129 Å². The summed E-state index contributed by atoms with van der Waals surface area (Å²) in [4.78, 5) is 0. The number of nitrogens with zero attached hydrogens (tertiary/aromatic N) is 7. The molecule has 2 aromatic heterocycles. The quantitative estimate of drug-likeness (QED) is 0.158. The molecular formula is C63H81F2N7. The summed E-state index contributed by atoms with van der Waals surface area (Å²) >= 11 is 0. The van der Waals surface area contributed by atoms with Gasteiger partial charge in [0.05, 0.1) is 40.2 Å². The van der Waals surface area contributed by atoms with Crippen LogP contribution in [0.4, 0.5) is 8.78 Å². The highest BCUT2D eigenvalue weighted by molar-refractivity contribution is 5.43. The second-order valence-electron chi connectivity index (χ2n) is 19.5. The lowest BCUT2D eigenvalue weighted by atomic mass is 9.95. The molecule has 7 nitrogen and oxygen atoms in total. The molecule has 382 valence electrons. The van der Waals surface area contributed by atoms with Crippen molar-refractivity contribution < 1.29 is 8.78 Å². The van der Waals surface area contributed by atoms with Crippen molar-refractivity contribution in [2.45, 2.75) is 152 Å². The molecule has 0 bridgehead atoms. The highest BCUT2D eigenvalue weighted by atomic mass is 19.1. The van der Waals surface area contributed by atoms with Crippen molar-refractivity contribution in [3.63, 3.8) is 0 Å². The molecule has 0 unspecified atom stereocenters. The van der Waals surface area contributed by atoms with Crippen molar-refractivity contribution in [3.05, 3.63) is 213 Å². The van der Waals surface area contributed by atoms with Crippen LogP contribution in [0.15, 0.2) is 140 Å². The smallest absolute Gasteiger partial charge is 0.144 e. The average Bonchev–Trinajstić information content (AvgIpc) is 4.01. The molecule has 9 heteroatoms. The molecule has 5 aromatic carbocycles. The summed E-state index contributed by atoms with van der Waals surface area (Å²) in [6.45, 7) is 33.4. The SMILES string of the molecule is CC(C)c1ccc(F)cc1.CC(C)c1cccc(C#N)c1.CC(C)c1cccc(C#N)c1F.CC(C)c1ccccc1.CC(C)c1ccn(C)n1.Cc1c(C#N)cccc1C(C)C.Cc1ccn(C(C)C)n1. The number of aryl methyl sites for hydroxylation is 2. The van der Waals surface area contributed by atoms with E-state index in [4.69, 9.17) is 15.8 Å². The van der Waals surface area contributed by atoms with E-state index in [2.05, 4.69) is 136 Å². The number of hydrogen-bond donors (Lipinski definition) is 0. The molecule has 0 saturated heterocycles. The minimum Gasteiger partial charge on any atom is -0.276 e. The van der Waals surface area contributed by atoms with Crippen molar-refractivity contribution in [2.24, 2.45) is 7.05 Å². The number of halogens is 2. The van der Waals surface area contributed by atoms with Gasteiger partial charge in [0.25, 0.3) is 0 Å². The van der Waals surface area contributed by atoms with Crippen LogP contribution in [0.3, 0.4) is 0 Å². The van der Waals surface area contributed by atoms with Gasteiger partial charge in [-0.15, -0.1) is 0 Å². The third-order valence-corrected chi connectivity index (χ3v) is 11.2. The Morgan fingerprint density at radius 1 is 0.458 bits per heavy atom. The van der Waals surface area contributed by atoms with Gasteiger partial charge in [-0.2, -0.15) is 26.0 Å². The van der Waals surface area contributed by atoms with E-state index in [9.17, 15) is 8.78 Å². The highest BCUT2D eigenvalue weighted by Gasteiger charge is 2.10. The number of nitriles is 3. The fourth-order valence-corrected chi connectivity index (χ4v) is 6.60. The van der Waals surface area contributed by atoms with Crippen molar-refractivity contribution in [1.82, 2.24) is 19.6 Å². The lowest BCUT2D eigenvalue weighted by Gasteiger charge is -2.09. The van der Waals surface area contributed by atoms with E-state index in [0.717, 1.165) is 28.1 Å². The zero-order valence-corrected chi connectivity index (χ0v) is 46.2. The van der Waals surface area contributed by atoms with Gasteiger partial charge in [0.15, 0.2) is 0 Å². The molecule has 0 aliphatic carbocycles. The van der Waals surface area contributed by atoms with E-state index in [-0.39, 0.29) is 23.1 Å². The van der Waals surface area contributed by atoms with Gasteiger partial charge in [-0.05, 0) is 145 Å². The summed E-state index contributed by atoms with van der Waals surface area (Å²) in [5.41, 5.74) is 10.7. The summed E-state index contributed by atoms with van der Waals surface area (Å²) in [5.74, 6) is 2.28. The Morgan fingerprint density at radius 2 is 0.958 bits per heavy atom. The zero-order valence-electron chi connectivity index (χ0n) is 46.2. The Hall–Kier alpha value is -7.15. The molecule has 0 fully saturated rings. The minimum absolute atomic E-state index is 0.123. The molecule has 72 heavy (non-hydrogen) atoms. The Labute approximate surface area is 432 Å². The van der Waals surface area contributed by atoms with E-state index in [1.165, 1.54) is 40.5 Å². The first-order chi connectivity index (χ1) is 34.0. The molecule has 0 radical (unpaired) electrons. The summed E-state index contributed by atoms with van der Waals surface area (Å²) < 4.78 is 29.4. The van der Waals surface area contributed by atoms with Crippen molar-refractivity contribution in [2.75, 3.05) is 0 Å². The van der Waals surface area contributed by atoms with E-state index < -0.39 is 0 Å². The average molecular weight is 974 g/mol. The number of aromatic nitrogens is 4. The van der Waals surface area contributed by atoms with E-state index >= 15 is 0 Å². The van der Waals surface area contributed by atoms with Crippen molar-refractivity contribution in [3.8, 4) is 18.2 Å². The van der Waals surface area contributed by atoms with Crippen LogP contribution in [0.2, 0.25) is 0 Å². The van der Waals surface area contributed by atoms with Crippen LogP contribution >= 0.6 is 0 Å². The standard InChI is InChI=1S/C11H13N.C10H10FN.C10H11N.C9H11F.C9H12.2C7H12N2/c1-8(2)11-6-4-5-10(7-12)9(11)3;1-7(2)9-5-3-4-8(6-12)10(9)11;1-8(2)10-5-3-4-9(6-10)7-11;1-7(2)8-3-5-9(10)6-4-8;1-8(2)9-6-4-3-5-7-9;1-6(2)7-4-5-9(3)8-7;1-6(2)9-5-4-7(3)8-9/h4-6,8H,1-3H3;3-5,7H,1-2H3;3-6,8H,1-2H3;3-7H,1-2H3;3-8H,1-2H3;2*4-6H,1-3H3. The molecule has 0 atom stereocenters. The minimum atomic E-state index is -0.380. The van der Waals surface area contributed by atoms with Gasteiger partial charge < -0.3 is 0 Å². The fourth-order valence-electron chi connectivity index (χ4n) is 6.60. The second kappa shape index (κ2) is 33.4. The maximum absolute atomic E-state index is 13.3. The van der Waals surface area contributed by atoms with Crippen molar-refractivity contribution in [1.29, 1.82) is 15.8 Å². The Bertz CT molecular complexity index is 2610. The topological polar surface area (TPSA) is 107 Å². The first-order valence-corrected chi connectivity index (χ1v) is 25.0. The van der Waals surface area contributed by atoms with Crippen LogP contribution in [0.25, 0.3) is 0 Å². The third kappa shape index (κ3) is 23.6. The van der Waals surface area contributed by atoms with E-state index in [1.54, 1.807) is 12.1 Å². The molecule has 0 N–H and O–H groups in total. The lowest BCUT2D eigenvalue weighted by Crippen LogP contribution is -2.00. The predicted octanol–water partition coefficient (Wildman–Crippen LogP) is 17.6. The molecular weight excluding hydrogens is 893 g/mol. The predicted molar refractivity (Wildman–Crippen MR) is 296 cm³/mol. The Morgan fingerprint density at radius 3 is 1.35 bits per heavy atom. The molecule has 0 saturated carbocycles. The molecule has 0 spiro atoms. The van der Waals surface area contributed by atoms with Gasteiger partial charge in [0.1, 0.15) is 17.7 Å². The molecule has 0 aliphatic rings. The van der Waals surface area contributed by atoms with Gasteiger partial charge in [0, 0.05) is 25.5 Å². The first-order valence-electron chi connectivity index (χ1n) is 25.0. The van der Waals surface area contributed by atoms with Crippen LogP contribution in [-0.2, 0) is 7.05 Å². The monoisotopic (exact) mass is 974 g/mol. The maximum atomic E-state index is 13.3. The van der Waals surface area contributed by atoms with Crippen molar-refractivity contribution >= 4 is 0 Å². The number of hydrogen-bond acceptors (Lipinski definition) is 5. The van der Waals surface area contributed by atoms with Gasteiger partial charge in [-0.3, -0.25) is 9.36 Å². The van der Waals surface area contributed by atoms with Crippen LogP contribution in [-0.4, -0.2) is 19.6 Å². The van der Waals surface area contributed by atoms with Crippen LogP contribution in [0.1, 0.15) is 200 Å². The normalized spacial score (nSPS) is 10.2. The van der Waals surface area contributed by atoms with Gasteiger partial charge in [0.2, 0.25) is 0 Å². The first kappa shape index (κ1) is 62.9. The highest BCUT2D eigenvalue weighted by Crippen LogP contribution is 2.22. The number of rotatable bonds is 7. The Balaban J connectivity index is 0.000000421.